The van der Waals surface area contributed by atoms with E-state index in [2.05, 4.69) is 36.4 Å². The highest BCUT2D eigenvalue weighted by Crippen LogP contribution is 2.55. The van der Waals surface area contributed by atoms with Crippen LogP contribution in [-0.4, -0.2) is 105 Å². The second-order valence-electron chi connectivity index (χ2n) is 20.0. The van der Waals surface area contributed by atoms with Gasteiger partial charge in [0, 0.05) is 49.1 Å². The number of β-amino-alcohol motifs (C(OH)–C–C–N with tert-alkyl or cyclic N) is 1. The number of ether oxygens (including phenoxy) is 2. The van der Waals surface area contributed by atoms with Crippen LogP contribution >= 0.6 is 22.9 Å². The van der Waals surface area contributed by atoms with Gasteiger partial charge in [-0.25, -0.2) is 4.98 Å². The molecule has 2 fully saturated rings. The van der Waals surface area contributed by atoms with Crippen LogP contribution in [0.25, 0.3) is 10.4 Å². The van der Waals surface area contributed by atoms with E-state index in [9.17, 15) is 29.5 Å². The summed E-state index contributed by atoms with van der Waals surface area (Å²) in [4.78, 5) is 60.9. The van der Waals surface area contributed by atoms with Crippen molar-refractivity contribution in [2.24, 2.45) is 16.2 Å². The number of nitrogens with zero attached hydrogens (tertiary/aromatic N) is 5. The van der Waals surface area contributed by atoms with Gasteiger partial charge in [0.05, 0.1) is 38.8 Å². The predicted molar refractivity (Wildman–Crippen MR) is 261 cm³/mol. The Bertz CT molecular complexity index is 2450. The summed E-state index contributed by atoms with van der Waals surface area (Å²) in [5.74, 6) is -0.514. The van der Waals surface area contributed by atoms with Gasteiger partial charge in [-0.2, -0.15) is 5.26 Å². The number of aliphatic hydroxyl groups is 1. The number of hydrogen-bond acceptors (Lipinski definition) is 13. The second-order valence-corrected chi connectivity index (χ2v) is 21.3. The molecule has 1 aliphatic carbocycles. The molecule has 16 nitrogen and oxygen atoms in total. The molecule has 2 aliphatic rings. The minimum Gasteiger partial charge on any atom is -0.489 e. The number of anilines is 1. The van der Waals surface area contributed by atoms with Crippen molar-refractivity contribution < 1.29 is 33.8 Å². The van der Waals surface area contributed by atoms with Crippen molar-refractivity contribution in [2.45, 2.75) is 124 Å². The zero-order valence-corrected chi connectivity index (χ0v) is 41.9. The number of aliphatic hydroxyl groups excluding tert-OH is 1. The van der Waals surface area contributed by atoms with Crippen LogP contribution in [0.1, 0.15) is 114 Å². The lowest BCUT2D eigenvalue weighted by Crippen LogP contribution is -2.74. The lowest BCUT2D eigenvalue weighted by atomic mass is 9.49. The largest absolute Gasteiger partial charge is 0.489 e. The summed E-state index contributed by atoms with van der Waals surface area (Å²) < 4.78 is 12.0. The van der Waals surface area contributed by atoms with E-state index in [0.29, 0.717) is 41.7 Å². The Morgan fingerprint density at radius 2 is 1.72 bits per heavy atom. The Morgan fingerprint density at radius 3 is 2.34 bits per heavy atom. The molecule has 18 heteroatoms. The van der Waals surface area contributed by atoms with Crippen molar-refractivity contribution in [1.82, 2.24) is 36.0 Å². The zero-order valence-electron chi connectivity index (χ0n) is 40.3. The van der Waals surface area contributed by atoms with Gasteiger partial charge >= 0.3 is 0 Å². The minimum absolute atomic E-state index is 0.0209. The van der Waals surface area contributed by atoms with Crippen molar-refractivity contribution in [1.29, 1.82) is 5.26 Å². The van der Waals surface area contributed by atoms with E-state index in [1.807, 2.05) is 98.2 Å². The van der Waals surface area contributed by atoms with Crippen LogP contribution in [0.15, 0.2) is 60.1 Å². The van der Waals surface area contributed by atoms with E-state index in [-0.39, 0.29) is 55.3 Å². The number of aryl methyl sites for hydroxylation is 1. The van der Waals surface area contributed by atoms with Gasteiger partial charge in [-0.3, -0.25) is 19.2 Å². The first-order chi connectivity index (χ1) is 32.1. The molecule has 1 saturated carbocycles. The van der Waals surface area contributed by atoms with Crippen molar-refractivity contribution in [2.75, 3.05) is 31.6 Å². The molecular formula is C50H64ClN9O7S. The smallest absolute Gasteiger partial charge is 0.272 e. The Balaban J connectivity index is 0.887. The predicted octanol–water partition coefficient (Wildman–Crippen LogP) is 7.01. The number of unbranched alkanes of at least 4 members (excludes halogenated alkanes) is 2. The number of amides is 4. The molecule has 2 aromatic heterocycles. The van der Waals surface area contributed by atoms with E-state index in [1.54, 1.807) is 41.7 Å². The van der Waals surface area contributed by atoms with Crippen molar-refractivity contribution in [3.05, 3.63) is 87.6 Å². The van der Waals surface area contributed by atoms with Crippen molar-refractivity contribution >= 4 is 52.4 Å². The third kappa shape index (κ3) is 12.1. The Labute approximate surface area is 407 Å². The fraction of sp³-hybridized carbons (Fsp3) is 0.520. The number of nitriles is 1. The third-order valence-corrected chi connectivity index (χ3v) is 14.2. The number of nitrogens with one attached hydrogen (secondary N) is 4. The van der Waals surface area contributed by atoms with Gasteiger partial charge in [0.2, 0.25) is 17.7 Å². The first kappa shape index (κ1) is 51.7. The number of benzene rings is 2. The quantitative estimate of drug-likeness (QED) is 0.0599. The Hall–Kier alpha value is -5.67. The molecule has 1 saturated heterocycles. The molecule has 68 heavy (non-hydrogen) atoms. The van der Waals surface area contributed by atoms with Crippen LogP contribution in [0.2, 0.25) is 5.02 Å². The monoisotopic (exact) mass is 969 g/mol. The average Bonchev–Trinajstić information content (AvgIpc) is 3.91. The molecular weight excluding hydrogens is 906 g/mol. The zero-order chi connectivity index (χ0) is 49.6. The summed E-state index contributed by atoms with van der Waals surface area (Å²) in [6.07, 6.45) is 1.26. The van der Waals surface area contributed by atoms with Crippen LogP contribution in [0, 0.1) is 34.5 Å². The highest BCUT2D eigenvalue weighted by atomic mass is 35.5. The number of thiazole rings is 1. The molecule has 5 N–H and O–H groups in total. The molecule has 0 bridgehead atoms. The van der Waals surface area contributed by atoms with E-state index >= 15 is 0 Å². The molecule has 4 atom stereocenters. The maximum atomic E-state index is 14.1. The fourth-order valence-corrected chi connectivity index (χ4v) is 10.5. The summed E-state index contributed by atoms with van der Waals surface area (Å²) in [7, 11) is 0. The number of hydrogen-bond donors (Lipinski definition) is 5. The van der Waals surface area contributed by atoms with Gasteiger partial charge in [-0.1, -0.05) is 84.3 Å². The lowest BCUT2D eigenvalue weighted by Gasteiger charge is -2.63. The SMILES string of the molecule is Cc1ncsc1-c1ccc(C(C)NC(=O)[C@@H]2C[C@@H](O)CN2C(=O)C(NC(=O)COCCCCCNc2ccc(C(=O)NC3C(C)(C)C(Oc4ccc(C#N)c(Cl)c4)C3(C)C)nn2)C(C)(C)C)cc1. The highest BCUT2D eigenvalue weighted by molar-refractivity contribution is 7.13. The topological polar surface area (TPSA) is 221 Å². The van der Waals surface area contributed by atoms with Crippen LogP contribution in [0.4, 0.5) is 5.82 Å². The minimum atomic E-state index is -0.963. The molecule has 0 radical (unpaired) electrons. The Morgan fingerprint density at radius 1 is 1.00 bits per heavy atom. The molecule has 4 aromatic rings. The number of likely N-dealkylation sites (tertiary alicyclic amines) is 1. The van der Waals surface area contributed by atoms with E-state index in [0.717, 1.165) is 34.5 Å². The number of aromatic nitrogens is 3. The summed E-state index contributed by atoms with van der Waals surface area (Å²) in [5, 5.41) is 40.7. The highest BCUT2D eigenvalue weighted by Gasteiger charge is 2.64. The summed E-state index contributed by atoms with van der Waals surface area (Å²) in [6.45, 7) is 18.2. The number of rotatable bonds is 19. The molecule has 364 valence electrons. The molecule has 0 spiro atoms. The molecule has 6 rings (SSSR count). The van der Waals surface area contributed by atoms with Gasteiger partial charge in [0.15, 0.2) is 5.69 Å². The van der Waals surface area contributed by atoms with Crippen molar-refractivity contribution in [3.8, 4) is 22.3 Å². The third-order valence-electron chi connectivity index (χ3n) is 12.9. The summed E-state index contributed by atoms with van der Waals surface area (Å²) in [5.41, 5.74) is 3.73. The second kappa shape index (κ2) is 21.7. The lowest BCUT2D eigenvalue weighted by molar-refractivity contribution is -0.164. The fourth-order valence-electron chi connectivity index (χ4n) is 9.45. The summed E-state index contributed by atoms with van der Waals surface area (Å²) in [6, 6.07) is 15.9. The van der Waals surface area contributed by atoms with Gasteiger partial charge in [0.1, 0.15) is 42.4 Å². The molecule has 1 aliphatic heterocycles. The Kier molecular flexibility index (Phi) is 16.5. The standard InChI is InChI=1S/C50H64ClN9O7S/c1-29(31-13-15-32(16-14-31)41-30(2)54-28-68-41)55-44(64)38-23-34(61)26-60(38)45(65)42(48(3,4)5)56-40(62)27-66-22-12-10-11-21-53-39-20-19-37(58-59-39)43(63)57-46-49(6,7)47(50(46,8)9)67-35-18-17-33(25-52)36(51)24-35/h13-20,24,28-29,34,38,42,46-47,61H,10-12,21-23,26-27H2,1-9H3,(H,53,59)(H,55,64)(H,56,62)(H,57,63)/t29?,34-,38+,42?,46?,47?/m1/s1. The normalized spacial score (nSPS) is 20.3. The van der Waals surface area contributed by atoms with Gasteiger partial charge in [-0.05, 0) is 73.9 Å². The number of carbonyl (C=O) groups is 4. The van der Waals surface area contributed by atoms with E-state index in [1.165, 1.54) is 4.90 Å². The first-order valence-electron chi connectivity index (χ1n) is 23.0. The maximum absolute atomic E-state index is 14.1. The first-order valence-corrected chi connectivity index (χ1v) is 24.3. The maximum Gasteiger partial charge on any atom is 0.272 e. The van der Waals surface area contributed by atoms with Gasteiger partial charge < -0.3 is 40.7 Å². The number of halogens is 1. The van der Waals surface area contributed by atoms with Crippen LogP contribution in [0.3, 0.4) is 0 Å². The van der Waals surface area contributed by atoms with Crippen LogP contribution in [-0.2, 0) is 19.1 Å². The van der Waals surface area contributed by atoms with E-state index in [4.69, 9.17) is 21.1 Å². The molecule has 2 aromatic carbocycles. The van der Waals surface area contributed by atoms with E-state index < -0.39 is 46.2 Å². The van der Waals surface area contributed by atoms with Gasteiger partial charge in [0.25, 0.3) is 5.91 Å². The van der Waals surface area contributed by atoms with Crippen LogP contribution in [0.5, 0.6) is 5.75 Å². The van der Waals surface area contributed by atoms with Crippen molar-refractivity contribution in [3.63, 3.8) is 0 Å². The molecule has 3 heterocycles. The van der Waals surface area contributed by atoms with Gasteiger partial charge in [-0.15, -0.1) is 21.5 Å². The average molecular weight is 971 g/mol. The molecule has 2 unspecified atom stereocenters. The number of carbonyl (C=O) groups excluding carboxylic acids is 4. The van der Waals surface area contributed by atoms with Crippen LogP contribution < -0.4 is 26.0 Å². The molecule has 4 amide bonds. The summed E-state index contributed by atoms with van der Waals surface area (Å²) >= 11 is 7.80.